The molecule has 1 aliphatic heterocycles. The van der Waals surface area contributed by atoms with Gasteiger partial charge in [-0.05, 0) is 24.3 Å². The molecule has 0 radical (unpaired) electrons. The Balaban J connectivity index is 1.58. The minimum atomic E-state index is -0.0741. The van der Waals surface area contributed by atoms with E-state index >= 15 is 0 Å². The molecular formula is C20H23N5O3. The molecule has 1 fully saturated rings. The molecule has 2 aromatic heterocycles. The second kappa shape index (κ2) is 7.85. The molecule has 3 heterocycles. The Morgan fingerprint density at radius 3 is 2.68 bits per heavy atom. The number of methoxy groups -OCH3 is 1. The lowest BCUT2D eigenvalue weighted by molar-refractivity contribution is -0.136. The zero-order chi connectivity index (χ0) is 19.5. The van der Waals surface area contributed by atoms with Crippen LogP contribution in [-0.4, -0.2) is 62.8 Å². The molecular weight excluding hydrogens is 358 g/mol. The van der Waals surface area contributed by atoms with Crippen LogP contribution in [0.2, 0.25) is 0 Å². The smallest absolute Gasteiger partial charge is 0.219 e. The maximum atomic E-state index is 11.7. The highest BCUT2D eigenvalue weighted by molar-refractivity contribution is 5.73. The van der Waals surface area contributed by atoms with E-state index in [0.29, 0.717) is 26.2 Å². The summed E-state index contributed by atoms with van der Waals surface area (Å²) >= 11 is 0. The number of hydrogen-bond donors (Lipinski definition) is 0. The van der Waals surface area contributed by atoms with Crippen molar-refractivity contribution in [1.82, 2.24) is 24.0 Å². The molecule has 1 saturated heterocycles. The minimum absolute atomic E-state index is 0.0741. The van der Waals surface area contributed by atoms with Gasteiger partial charge in [0.05, 0.1) is 26.4 Å². The number of ether oxygens (including phenoxy) is 2. The van der Waals surface area contributed by atoms with Crippen molar-refractivity contribution in [2.24, 2.45) is 0 Å². The molecule has 28 heavy (non-hydrogen) atoms. The molecule has 8 nitrogen and oxygen atoms in total. The second-order valence-electron chi connectivity index (χ2n) is 6.68. The lowest BCUT2D eigenvalue weighted by Crippen LogP contribution is -2.46. The van der Waals surface area contributed by atoms with E-state index in [1.807, 2.05) is 50.7 Å². The summed E-state index contributed by atoms with van der Waals surface area (Å²) in [6.07, 6.45) is 7.26. The first-order chi connectivity index (χ1) is 13.7. The molecule has 0 spiro atoms. The van der Waals surface area contributed by atoms with Crippen molar-refractivity contribution >= 4 is 5.91 Å². The molecule has 146 valence electrons. The quantitative estimate of drug-likeness (QED) is 0.676. The van der Waals surface area contributed by atoms with Crippen LogP contribution in [0.15, 0.2) is 49.1 Å². The van der Waals surface area contributed by atoms with E-state index in [9.17, 15) is 4.79 Å². The van der Waals surface area contributed by atoms with Gasteiger partial charge < -0.3 is 18.9 Å². The minimum Gasteiger partial charge on any atom is -0.497 e. The topological polar surface area (TPSA) is 74.4 Å². The van der Waals surface area contributed by atoms with Crippen molar-refractivity contribution in [3.63, 3.8) is 0 Å². The average Bonchev–Trinajstić information content (AvgIpc) is 3.37. The number of benzene rings is 1. The van der Waals surface area contributed by atoms with Gasteiger partial charge in [0.25, 0.3) is 0 Å². The van der Waals surface area contributed by atoms with E-state index in [1.165, 1.54) is 0 Å². The highest BCUT2D eigenvalue weighted by atomic mass is 16.5. The summed E-state index contributed by atoms with van der Waals surface area (Å²) in [5.74, 6) is 2.38. The van der Waals surface area contributed by atoms with Crippen LogP contribution in [0.1, 0.15) is 6.92 Å². The number of hydrogen-bond acceptors (Lipinski definition) is 5. The van der Waals surface area contributed by atoms with Gasteiger partial charge >= 0.3 is 0 Å². The van der Waals surface area contributed by atoms with E-state index in [1.54, 1.807) is 26.4 Å². The van der Waals surface area contributed by atoms with Gasteiger partial charge in [0.2, 0.25) is 5.91 Å². The number of carbonyl (C=O) groups is 1. The van der Waals surface area contributed by atoms with Gasteiger partial charge in [-0.2, -0.15) is 0 Å². The Morgan fingerprint density at radius 1 is 1.18 bits per heavy atom. The Labute approximate surface area is 163 Å². The van der Waals surface area contributed by atoms with E-state index in [0.717, 1.165) is 23.1 Å². The van der Waals surface area contributed by atoms with E-state index in [4.69, 9.17) is 9.47 Å². The van der Waals surface area contributed by atoms with Crippen LogP contribution >= 0.6 is 0 Å². The maximum absolute atomic E-state index is 11.7. The van der Waals surface area contributed by atoms with E-state index in [-0.39, 0.29) is 12.0 Å². The molecule has 0 aliphatic carbocycles. The van der Waals surface area contributed by atoms with Crippen molar-refractivity contribution in [3.8, 4) is 23.1 Å². The van der Waals surface area contributed by atoms with Gasteiger partial charge in [0.1, 0.15) is 5.75 Å². The van der Waals surface area contributed by atoms with Crippen LogP contribution < -0.4 is 4.74 Å². The Bertz CT molecular complexity index is 947. The largest absolute Gasteiger partial charge is 0.497 e. The summed E-state index contributed by atoms with van der Waals surface area (Å²) in [5, 5.41) is 0. The summed E-state index contributed by atoms with van der Waals surface area (Å²) in [6.45, 7) is 3.98. The SMILES string of the molecule is COc1ccc(-n2ccnc2-c2nccn2C[C@@H]2CN(C(C)=O)CCO2)cc1. The summed E-state index contributed by atoms with van der Waals surface area (Å²) in [7, 11) is 1.65. The number of nitrogens with zero attached hydrogens (tertiary/aromatic N) is 5. The van der Waals surface area contributed by atoms with E-state index in [2.05, 4.69) is 9.97 Å². The Kier molecular flexibility index (Phi) is 5.12. The predicted molar refractivity (Wildman–Crippen MR) is 103 cm³/mol. The van der Waals surface area contributed by atoms with Gasteiger partial charge in [-0.15, -0.1) is 0 Å². The van der Waals surface area contributed by atoms with Crippen molar-refractivity contribution in [1.29, 1.82) is 0 Å². The lowest BCUT2D eigenvalue weighted by atomic mass is 10.2. The Hall–Kier alpha value is -3.13. The molecule has 4 rings (SSSR count). The number of carbonyl (C=O) groups excluding carboxylic acids is 1. The molecule has 0 N–H and O–H groups in total. The zero-order valence-electron chi connectivity index (χ0n) is 16.0. The van der Waals surface area contributed by atoms with Crippen molar-refractivity contribution in [3.05, 3.63) is 49.1 Å². The van der Waals surface area contributed by atoms with Gasteiger partial charge in [-0.25, -0.2) is 9.97 Å². The summed E-state index contributed by atoms with van der Waals surface area (Å²) < 4.78 is 15.1. The number of imidazole rings is 2. The molecule has 1 aliphatic rings. The molecule has 1 amide bonds. The second-order valence-corrected chi connectivity index (χ2v) is 6.68. The van der Waals surface area contributed by atoms with Crippen LogP contribution in [0.3, 0.4) is 0 Å². The molecule has 0 bridgehead atoms. The third-order valence-corrected chi connectivity index (χ3v) is 4.89. The van der Waals surface area contributed by atoms with Gasteiger partial charge in [0.15, 0.2) is 11.6 Å². The first kappa shape index (κ1) is 18.2. The summed E-state index contributed by atoms with van der Waals surface area (Å²) in [4.78, 5) is 22.5. The molecule has 0 saturated carbocycles. The highest BCUT2D eigenvalue weighted by Crippen LogP contribution is 2.23. The summed E-state index contributed by atoms with van der Waals surface area (Å²) in [6, 6.07) is 7.79. The number of rotatable bonds is 5. The number of amides is 1. The number of aromatic nitrogens is 4. The first-order valence-electron chi connectivity index (χ1n) is 9.22. The van der Waals surface area contributed by atoms with Gasteiger partial charge in [0, 0.05) is 50.5 Å². The van der Waals surface area contributed by atoms with Crippen molar-refractivity contribution < 1.29 is 14.3 Å². The maximum Gasteiger partial charge on any atom is 0.219 e. The van der Waals surface area contributed by atoms with Crippen LogP contribution in [0, 0.1) is 0 Å². The van der Waals surface area contributed by atoms with E-state index < -0.39 is 0 Å². The first-order valence-corrected chi connectivity index (χ1v) is 9.22. The predicted octanol–water partition coefficient (Wildman–Crippen LogP) is 1.99. The average molecular weight is 381 g/mol. The Morgan fingerprint density at radius 2 is 1.93 bits per heavy atom. The molecule has 1 aromatic carbocycles. The molecule has 8 heteroatoms. The zero-order valence-corrected chi connectivity index (χ0v) is 16.0. The summed E-state index contributed by atoms with van der Waals surface area (Å²) in [5.41, 5.74) is 0.972. The monoisotopic (exact) mass is 381 g/mol. The van der Waals surface area contributed by atoms with Crippen LogP contribution in [0.25, 0.3) is 17.3 Å². The molecule has 0 unspecified atom stereocenters. The fourth-order valence-electron chi connectivity index (χ4n) is 3.42. The highest BCUT2D eigenvalue weighted by Gasteiger charge is 2.24. The third-order valence-electron chi connectivity index (χ3n) is 4.89. The number of morpholine rings is 1. The van der Waals surface area contributed by atoms with Crippen molar-refractivity contribution in [2.45, 2.75) is 19.6 Å². The van der Waals surface area contributed by atoms with Gasteiger partial charge in [-0.1, -0.05) is 0 Å². The standard InChI is InChI=1S/C20H23N5O3/c1-15(26)23-11-12-28-18(13-23)14-24-9-7-21-19(24)20-22-8-10-25(20)16-3-5-17(27-2)6-4-16/h3-10,18H,11-14H2,1-2H3/t18-/m0/s1. The van der Waals surface area contributed by atoms with Crippen molar-refractivity contribution in [2.75, 3.05) is 26.8 Å². The normalized spacial score (nSPS) is 16.9. The molecule has 3 aromatic rings. The molecule has 1 atom stereocenters. The van der Waals surface area contributed by atoms with Gasteiger partial charge in [-0.3, -0.25) is 9.36 Å². The van der Waals surface area contributed by atoms with Crippen LogP contribution in [0.4, 0.5) is 0 Å². The lowest BCUT2D eigenvalue weighted by Gasteiger charge is -2.32. The fourth-order valence-corrected chi connectivity index (χ4v) is 3.42. The fraction of sp³-hybridized carbons (Fsp3) is 0.350. The van der Waals surface area contributed by atoms with Crippen LogP contribution in [0.5, 0.6) is 5.75 Å². The van der Waals surface area contributed by atoms with Crippen LogP contribution in [-0.2, 0) is 16.1 Å². The third kappa shape index (κ3) is 3.63.